The van der Waals surface area contributed by atoms with E-state index in [9.17, 15) is 0 Å². The highest BCUT2D eigenvalue weighted by molar-refractivity contribution is 7.99. The molecule has 1 saturated heterocycles. The first-order valence-corrected chi connectivity index (χ1v) is 10.9. The van der Waals surface area contributed by atoms with E-state index in [0.717, 1.165) is 12.8 Å². The fraction of sp³-hybridized carbons (Fsp3) is 1.00. The Morgan fingerprint density at radius 2 is 1.62 bits per heavy atom. The maximum atomic E-state index is 6.37. The van der Waals surface area contributed by atoms with Gasteiger partial charge in [-0.1, -0.05) is 27.7 Å². The first-order valence-electron chi connectivity index (χ1n) is 9.84. The maximum Gasteiger partial charge on any atom is 0.161 e. The Bertz CT molecular complexity index is 333. The van der Waals surface area contributed by atoms with Crippen molar-refractivity contribution in [2.75, 3.05) is 5.75 Å². The van der Waals surface area contributed by atoms with Crippen LogP contribution in [0.25, 0.3) is 0 Å². The lowest BCUT2D eigenvalue weighted by molar-refractivity contribution is -0.288. The average molecular weight is 361 g/mol. The minimum atomic E-state index is -0.0963. The summed E-state index contributed by atoms with van der Waals surface area (Å²) in [6.45, 7) is 17.5. The van der Waals surface area contributed by atoms with Gasteiger partial charge in [0.05, 0.1) is 24.4 Å². The predicted octanol–water partition coefficient (Wildman–Crippen LogP) is 5.51. The minimum absolute atomic E-state index is 0.0963. The van der Waals surface area contributed by atoms with Gasteiger partial charge in [0, 0.05) is 5.92 Å². The summed E-state index contributed by atoms with van der Waals surface area (Å²) in [7, 11) is 0. The smallest absolute Gasteiger partial charge is 0.161 e. The normalized spacial score (nSPS) is 31.4. The van der Waals surface area contributed by atoms with Crippen LogP contribution in [0.15, 0.2) is 0 Å². The van der Waals surface area contributed by atoms with Gasteiger partial charge in [0.15, 0.2) is 6.29 Å². The number of hydrogen-bond acceptors (Lipinski definition) is 4. The van der Waals surface area contributed by atoms with E-state index in [-0.39, 0.29) is 30.7 Å². The molecule has 0 spiro atoms. The Hall–Kier alpha value is 0.230. The average Bonchev–Trinajstić information content (AvgIpc) is 2.47. The topological polar surface area (TPSA) is 27.7 Å². The Morgan fingerprint density at radius 1 is 1.00 bits per heavy atom. The minimum Gasteiger partial charge on any atom is -0.373 e. The van der Waals surface area contributed by atoms with Gasteiger partial charge in [-0.15, -0.1) is 0 Å². The summed E-state index contributed by atoms with van der Waals surface area (Å²) in [4.78, 5) is 0. The maximum absolute atomic E-state index is 6.37. The van der Waals surface area contributed by atoms with Crippen molar-refractivity contribution < 1.29 is 14.2 Å². The third kappa shape index (κ3) is 7.23. The molecule has 0 saturated carbocycles. The molecule has 1 aliphatic rings. The lowest BCUT2D eigenvalue weighted by atomic mass is 9.80. The molecule has 1 heterocycles. The molecule has 0 bridgehead atoms. The van der Waals surface area contributed by atoms with Gasteiger partial charge in [0.25, 0.3) is 0 Å². The molecule has 0 aliphatic carbocycles. The lowest BCUT2D eigenvalue weighted by Crippen LogP contribution is -2.53. The molecule has 1 fully saturated rings. The number of rotatable bonds is 10. The van der Waals surface area contributed by atoms with Crippen LogP contribution in [0.4, 0.5) is 0 Å². The van der Waals surface area contributed by atoms with Crippen LogP contribution in [0.3, 0.4) is 0 Å². The second-order valence-electron chi connectivity index (χ2n) is 7.87. The second kappa shape index (κ2) is 11.1. The predicted molar refractivity (Wildman–Crippen MR) is 105 cm³/mol. The molecule has 0 aromatic heterocycles. The van der Waals surface area contributed by atoms with E-state index in [1.807, 2.05) is 11.8 Å². The van der Waals surface area contributed by atoms with Crippen molar-refractivity contribution in [1.82, 2.24) is 0 Å². The summed E-state index contributed by atoms with van der Waals surface area (Å²) in [5.74, 6) is 2.08. The van der Waals surface area contributed by atoms with Crippen LogP contribution < -0.4 is 0 Å². The van der Waals surface area contributed by atoms with Gasteiger partial charge >= 0.3 is 0 Å². The largest absolute Gasteiger partial charge is 0.373 e. The van der Waals surface area contributed by atoms with Crippen molar-refractivity contribution in [3.63, 3.8) is 0 Å². The summed E-state index contributed by atoms with van der Waals surface area (Å²) >= 11 is 2.04. The summed E-state index contributed by atoms with van der Waals surface area (Å²) in [6.07, 6.45) is 3.95. The van der Waals surface area contributed by atoms with Gasteiger partial charge in [-0.2, -0.15) is 11.8 Å². The van der Waals surface area contributed by atoms with E-state index >= 15 is 0 Å². The van der Waals surface area contributed by atoms with Crippen molar-refractivity contribution >= 4 is 11.8 Å². The van der Waals surface area contributed by atoms with E-state index in [4.69, 9.17) is 14.2 Å². The van der Waals surface area contributed by atoms with Crippen molar-refractivity contribution in [2.45, 2.75) is 111 Å². The van der Waals surface area contributed by atoms with E-state index < -0.39 is 0 Å². The van der Waals surface area contributed by atoms with Crippen LogP contribution in [0, 0.1) is 11.8 Å². The molecule has 0 amide bonds. The van der Waals surface area contributed by atoms with Crippen LogP contribution in [0.5, 0.6) is 0 Å². The van der Waals surface area contributed by atoms with Gasteiger partial charge in [0.2, 0.25) is 0 Å². The molecule has 0 aromatic rings. The molecule has 0 aromatic carbocycles. The van der Waals surface area contributed by atoms with Gasteiger partial charge in [-0.05, 0) is 63.9 Å². The highest BCUT2D eigenvalue weighted by Crippen LogP contribution is 2.38. The highest BCUT2D eigenvalue weighted by Gasteiger charge is 2.44. The van der Waals surface area contributed by atoms with Gasteiger partial charge in [-0.3, -0.25) is 0 Å². The van der Waals surface area contributed by atoms with Gasteiger partial charge in [-0.25, -0.2) is 0 Å². The molecule has 3 nitrogen and oxygen atoms in total. The summed E-state index contributed by atoms with van der Waals surface area (Å²) < 4.78 is 18.8. The molecule has 0 N–H and O–H groups in total. The molecule has 5 atom stereocenters. The first-order chi connectivity index (χ1) is 11.3. The summed E-state index contributed by atoms with van der Waals surface area (Å²) in [5, 5.41) is 0.703. The van der Waals surface area contributed by atoms with Crippen LogP contribution in [-0.4, -0.2) is 41.7 Å². The fourth-order valence-electron chi connectivity index (χ4n) is 3.47. The molecular formula is C20H40O3S. The Balaban J connectivity index is 2.77. The van der Waals surface area contributed by atoms with E-state index in [2.05, 4.69) is 55.4 Å². The standard InChI is InChI=1S/C20H40O3S/c1-9-18-19(21-13(2)3)16(8)17(11-10-12-24-15(6)7)20(23-18)22-14(4)5/h13-20H,9-12H2,1-8H3/t16-,17?,18?,19+,20+/m1/s1. The summed E-state index contributed by atoms with van der Waals surface area (Å²) in [6, 6.07) is 0. The van der Waals surface area contributed by atoms with E-state index in [1.165, 1.54) is 12.2 Å². The Morgan fingerprint density at radius 3 is 2.12 bits per heavy atom. The zero-order valence-electron chi connectivity index (χ0n) is 17.1. The summed E-state index contributed by atoms with van der Waals surface area (Å²) in [5.41, 5.74) is 0. The zero-order chi connectivity index (χ0) is 18.3. The van der Waals surface area contributed by atoms with Gasteiger partial charge in [0.1, 0.15) is 0 Å². The van der Waals surface area contributed by atoms with E-state index in [0.29, 0.717) is 17.1 Å². The van der Waals surface area contributed by atoms with Crippen molar-refractivity contribution in [2.24, 2.45) is 11.8 Å². The number of thioether (sulfide) groups is 1. The SMILES string of the molecule is CCC1O[C@H](OC(C)C)C(CCCSC(C)C)[C@@H](C)[C@@H]1OC(C)C. The van der Waals surface area contributed by atoms with Crippen molar-refractivity contribution in [3.8, 4) is 0 Å². The third-order valence-electron chi connectivity index (χ3n) is 4.59. The monoisotopic (exact) mass is 360 g/mol. The zero-order valence-corrected chi connectivity index (χ0v) is 17.9. The molecule has 0 radical (unpaired) electrons. The first kappa shape index (κ1) is 22.3. The quantitative estimate of drug-likeness (QED) is 0.480. The molecule has 1 aliphatic heterocycles. The molecule has 144 valence electrons. The molecule has 2 unspecified atom stereocenters. The second-order valence-corrected chi connectivity index (χ2v) is 9.55. The fourth-order valence-corrected chi connectivity index (χ4v) is 4.28. The van der Waals surface area contributed by atoms with E-state index in [1.54, 1.807) is 0 Å². The highest BCUT2D eigenvalue weighted by atomic mass is 32.2. The molecule has 4 heteroatoms. The molecule has 1 rings (SSSR count). The van der Waals surface area contributed by atoms with Crippen LogP contribution in [-0.2, 0) is 14.2 Å². The van der Waals surface area contributed by atoms with Crippen molar-refractivity contribution in [3.05, 3.63) is 0 Å². The third-order valence-corrected chi connectivity index (χ3v) is 5.78. The van der Waals surface area contributed by atoms with Crippen LogP contribution >= 0.6 is 11.8 Å². The van der Waals surface area contributed by atoms with Crippen LogP contribution in [0.1, 0.15) is 74.7 Å². The molecule has 24 heavy (non-hydrogen) atoms. The van der Waals surface area contributed by atoms with Crippen LogP contribution in [0.2, 0.25) is 0 Å². The van der Waals surface area contributed by atoms with Crippen molar-refractivity contribution in [1.29, 1.82) is 0 Å². The number of ether oxygens (including phenoxy) is 3. The lowest BCUT2D eigenvalue weighted by Gasteiger charge is -2.46. The van der Waals surface area contributed by atoms with Gasteiger partial charge < -0.3 is 14.2 Å². The number of hydrogen-bond donors (Lipinski definition) is 0. The Kier molecular flexibility index (Phi) is 10.3. The Labute approximate surface area is 154 Å². The molecular weight excluding hydrogens is 320 g/mol.